The van der Waals surface area contributed by atoms with Gasteiger partial charge < -0.3 is 0 Å². The molecule has 2 N–H and O–H groups in total. The number of allylic oxidation sites excluding steroid dienone is 4. The van der Waals surface area contributed by atoms with Crippen LogP contribution in [0.15, 0.2) is 60.7 Å². The van der Waals surface area contributed by atoms with E-state index in [-0.39, 0.29) is 14.5 Å². The van der Waals surface area contributed by atoms with Gasteiger partial charge in [-0.1, -0.05) is 0 Å². The number of aromatic nitrogens is 4. The molecule has 4 nitrogen and oxygen atoms in total. The molecule has 2 aliphatic heterocycles. The van der Waals surface area contributed by atoms with E-state index in [1.807, 2.05) is 0 Å². The molecule has 8 bridgehead atoms. The molecule has 0 spiro atoms. The van der Waals surface area contributed by atoms with Gasteiger partial charge in [-0.3, -0.25) is 0 Å². The summed E-state index contributed by atoms with van der Waals surface area (Å²) in [4.78, 5) is 19.7. The van der Waals surface area contributed by atoms with Gasteiger partial charge in [0.1, 0.15) is 0 Å². The topological polar surface area (TPSA) is 57.4 Å². The van der Waals surface area contributed by atoms with E-state index in [9.17, 15) is 0 Å². The summed E-state index contributed by atoms with van der Waals surface area (Å²) in [5, 5.41) is 0. The van der Waals surface area contributed by atoms with Crippen molar-refractivity contribution >= 4 is 58.9 Å². The second-order valence-electron chi connectivity index (χ2n) is 13.5. The number of benzene rings is 2. The van der Waals surface area contributed by atoms with Gasteiger partial charge in [-0.2, -0.15) is 0 Å². The fourth-order valence-corrected chi connectivity index (χ4v) is 11.4. The zero-order valence-electron chi connectivity index (χ0n) is 31.7. The summed E-state index contributed by atoms with van der Waals surface area (Å²) in [6.45, 7) is 18.5. The molecule has 0 aliphatic carbocycles. The van der Waals surface area contributed by atoms with Crippen molar-refractivity contribution in [1.29, 1.82) is 0 Å². The zero-order chi connectivity index (χ0) is 35.8. The molecular weight excluding hydrogens is 687 g/mol. The summed E-state index contributed by atoms with van der Waals surface area (Å²) < 4.78 is 2.49. The van der Waals surface area contributed by atoms with Crippen molar-refractivity contribution in [2.24, 2.45) is 0 Å². The number of nitrogens with one attached hydrogen (secondary N) is 2. The Hall–Kier alpha value is -4.18. The van der Waals surface area contributed by atoms with Crippen LogP contribution >= 0.6 is 0 Å². The van der Waals surface area contributed by atoms with E-state index in [4.69, 9.17) is 9.97 Å². The third-order valence-electron chi connectivity index (χ3n) is 11.0. The number of nitrogens with zero attached hydrogens (tertiary/aromatic N) is 2. The first-order chi connectivity index (χ1) is 25.0. The first kappa shape index (κ1) is 35.2. The van der Waals surface area contributed by atoms with Gasteiger partial charge in [-0.25, -0.2) is 0 Å². The Kier molecular flexibility index (Phi) is 10.2. The third-order valence-corrected chi connectivity index (χ3v) is 13.3. The van der Waals surface area contributed by atoms with E-state index in [0.717, 1.165) is 62.8 Å². The number of hydrogen-bond acceptors (Lipinski definition) is 2. The Morgan fingerprint density at radius 3 is 1.06 bits per heavy atom. The molecule has 0 radical (unpaired) electrons. The van der Waals surface area contributed by atoms with Gasteiger partial charge in [0, 0.05) is 0 Å². The Morgan fingerprint density at radius 1 is 0.412 bits per heavy atom. The molecule has 262 valence electrons. The molecule has 5 heteroatoms. The van der Waals surface area contributed by atoms with Crippen molar-refractivity contribution in [2.45, 2.75) is 107 Å². The third kappa shape index (κ3) is 5.74. The van der Waals surface area contributed by atoms with Gasteiger partial charge in [-0.05, 0) is 0 Å². The van der Waals surface area contributed by atoms with Crippen molar-refractivity contribution in [2.75, 3.05) is 0 Å². The van der Waals surface area contributed by atoms with Crippen LogP contribution in [0, 0.1) is 0 Å². The minimum atomic E-state index is -0.0447. The second kappa shape index (κ2) is 14.8. The average molecular weight is 740 g/mol. The van der Waals surface area contributed by atoms with Gasteiger partial charge in [0.15, 0.2) is 0 Å². The van der Waals surface area contributed by atoms with Gasteiger partial charge in [-0.15, -0.1) is 0 Å². The van der Waals surface area contributed by atoms with Crippen LogP contribution in [0.5, 0.6) is 0 Å². The number of rotatable bonds is 10. The molecule has 5 heterocycles. The van der Waals surface area contributed by atoms with Crippen molar-refractivity contribution in [3.05, 3.63) is 103 Å². The van der Waals surface area contributed by atoms with E-state index in [0.29, 0.717) is 0 Å². The van der Waals surface area contributed by atoms with Crippen LogP contribution in [0.4, 0.5) is 0 Å². The van der Waals surface area contributed by atoms with E-state index in [2.05, 4.69) is 126 Å². The summed E-state index contributed by atoms with van der Waals surface area (Å²) in [5.41, 5.74) is 23.3. The van der Waals surface area contributed by atoms with Crippen molar-refractivity contribution in [3.8, 4) is 22.3 Å². The van der Waals surface area contributed by atoms with Crippen LogP contribution in [-0.4, -0.2) is 34.4 Å². The molecule has 0 atom stereocenters. The molecule has 0 saturated heterocycles. The molecule has 0 amide bonds. The molecule has 51 heavy (non-hydrogen) atoms. The number of aryl methyl sites for hydroxylation is 4. The van der Waals surface area contributed by atoms with Gasteiger partial charge >= 0.3 is 311 Å². The van der Waals surface area contributed by atoms with Crippen LogP contribution in [-0.2, 0) is 25.7 Å². The maximum absolute atomic E-state index is 5.72. The summed E-state index contributed by atoms with van der Waals surface area (Å²) in [5.74, 6) is 0. The first-order valence-electron chi connectivity index (χ1n) is 19.4. The van der Waals surface area contributed by atoms with Crippen molar-refractivity contribution in [1.82, 2.24) is 19.9 Å². The molecule has 2 aliphatic rings. The van der Waals surface area contributed by atoms with Gasteiger partial charge in [0.05, 0.1) is 0 Å². The maximum atomic E-state index is 5.72. The Bertz CT molecular complexity index is 2160. The average Bonchev–Trinajstić information content (AvgIpc) is 3.91. The molecule has 5 aromatic rings. The monoisotopic (exact) mass is 740 g/mol. The van der Waals surface area contributed by atoms with Crippen molar-refractivity contribution < 1.29 is 0 Å². The van der Waals surface area contributed by atoms with Crippen LogP contribution in [0.1, 0.15) is 124 Å². The number of aromatic amines is 2. The van der Waals surface area contributed by atoms with Crippen LogP contribution in [0.3, 0.4) is 0 Å². The molecule has 0 fully saturated rings. The van der Waals surface area contributed by atoms with Crippen LogP contribution < -0.4 is 0 Å². The molecule has 7 rings (SSSR count). The van der Waals surface area contributed by atoms with Crippen LogP contribution in [0.2, 0.25) is 0 Å². The number of hydrogen-bond donors (Lipinski definition) is 2. The standard InChI is InChI=1S/C46H52N4Se/c1-9-29-31(11-3)43-44-32(12-4)30(10-2)40(48-44)38(28-25-21-18-22-26-28)42-34(14-6)36(16-8)46(50-42)51-45-35(15-7)33(13-5)41(49-45)37(39(29)47-43)27-23-19-17-20-24-27/h17-26,47-48H,9-16H2,1-8H3. The van der Waals surface area contributed by atoms with E-state index >= 15 is 0 Å². The normalized spacial score (nSPS) is 13.2. The molecule has 2 aromatic carbocycles. The summed E-state index contributed by atoms with van der Waals surface area (Å²) >= 11 is -0.0447. The molecular formula is C46H52N4Se. The van der Waals surface area contributed by atoms with E-state index < -0.39 is 0 Å². The fourth-order valence-electron chi connectivity index (χ4n) is 8.76. The predicted octanol–water partition coefficient (Wildman–Crippen LogP) is 12.4. The number of H-pyrrole nitrogens is 2. The molecule has 0 saturated carbocycles. The summed E-state index contributed by atoms with van der Waals surface area (Å²) in [6, 6.07) is 22.0. The quantitative estimate of drug-likeness (QED) is 0.140. The summed E-state index contributed by atoms with van der Waals surface area (Å²) in [6.07, 6.45) is 7.60. The van der Waals surface area contributed by atoms with Crippen molar-refractivity contribution in [3.63, 3.8) is 0 Å². The van der Waals surface area contributed by atoms with Gasteiger partial charge in [0.25, 0.3) is 0 Å². The Balaban J connectivity index is 1.85. The number of fused-ring (bicyclic) bond motifs is 9. The molecule has 3 aromatic heterocycles. The van der Waals surface area contributed by atoms with E-state index in [1.54, 1.807) is 0 Å². The Labute approximate surface area is 310 Å². The second-order valence-corrected chi connectivity index (χ2v) is 15.6. The fraction of sp³-hybridized carbons (Fsp3) is 0.348. The zero-order valence-corrected chi connectivity index (χ0v) is 33.4. The molecule has 0 unspecified atom stereocenters. The van der Waals surface area contributed by atoms with Gasteiger partial charge in [0.2, 0.25) is 0 Å². The van der Waals surface area contributed by atoms with E-state index in [1.165, 1.54) is 98.0 Å². The Morgan fingerprint density at radius 2 is 0.745 bits per heavy atom. The SMILES string of the molecule is CCC1=C(CC)c2nc1[se]c1nc(c(-c3ccccc3)c3[nH]c(c(CC)c3CC)c3[nH]c(c(CC)c3CC)c2-c2ccccc2)C(CC)=C1CC. The predicted molar refractivity (Wildman–Crippen MR) is 221 cm³/mol. The first-order valence-corrected chi connectivity index (χ1v) is 21.1. The van der Waals surface area contributed by atoms with Crippen LogP contribution in [0.25, 0.3) is 66.6 Å². The summed E-state index contributed by atoms with van der Waals surface area (Å²) in [7, 11) is 0. The minimum absolute atomic E-state index is 0.0447.